The molecule has 0 aromatic carbocycles. The molecule has 12 heavy (non-hydrogen) atoms. The first kappa shape index (κ1) is 9.04. The van der Waals surface area contributed by atoms with Gasteiger partial charge in [-0.3, -0.25) is 0 Å². The van der Waals surface area contributed by atoms with Crippen LogP contribution in [0.3, 0.4) is 0 Å². The predicted octanol–water partition coefficient (Wildman–Crippen LogP) is 2.89. The van der Waals surface area contributed by atoms with Crippen molar-refractivity contribution in [3.8, 4) is 0 Å². The molecular formula is C10H15NO. The molecule has 0 aromatic heterocycles. The number of allylic oxidation sites excluding steroid dienone is 4. The molecule has 0 amide bonds. The minimum atomic E-state index is 0.819. The fraction of sp³-hybridized carbons (Fsp3) is 0.500. The Morgan fingerprint density at radius 3 is 2.50 bits per heavy atom. The Kier molecular flexibility index (Phi) is 2.69. The molecule has 0 unspecified atom stereocenters. The van der Waals surface area contributed by atoms with E-state index in [0.29, 0.717) is 0 Å². The maximum Gasteiger partial charge on any atom is 0.0828 e. The van der Waals surface area contributed by atoms with Gasteiger partial charge >= 0.3 is 0 Å². The topological polar surface area (TPSA) is 32.6 Å². The highest BCUT2D eigenvalue weighted by Gasteiger charge is 2.11. The van der Waals surface area contributed by atoms with Crippen LogP contribution in [0, 0.1) is 0 Å². The summed E-state index contributed by atoms with van der Waals surface area (Å²) in [6.45, 7) is 6.21. The van der Waals surface area contributed by atoms with Crippen molar-refractivity contribution in [3.63, 3.8) is 0 Å². The van der Waals surface area contributed by atoms with Crippen LogP contribution in [0.5, 0.6) is 0 Å². The number of hydrogen-bond donors (Lipinski definition) is 1. The highest BCUT2D eigenvalue weighted by molar-refractivity contribution is 6.00. The lowest BCUT2D eigenvalue weighted by atomic mass is 9.92. The maximum atomic E-state index is 8.62. The number of rotatable bonds is 0. The second-order valence-electron chi connectivity index (χ2n) is 3.40. The van der Waals surface area contributed by atoms with E-state index >= 15 is 0 Å². The van der Waals surface area contributed by atoms with Crippen LogP contribution in [0.15, 0.2) is 28.0 Å². The summed E-state index contributed by atoms with van der Waals surface area (Å²) >= 11 is 0. The van der Waals surface area contributed by atoms with Gasteiger partial charge in [-0.15, -0.1) is 0 Å². The largest absolute Gasteiger partial charge is 0.411 e. The van der Waals surface area contributed by atoms with Gasteiger partial charge in [-0.05, 0) is 44.8 Å². The molecule has 0 atom stereocenters. The zero-order valence-electron chi connectivity index (χ0n) is 7.89. The van der Waals surface area contributed by atoms with E-state index in [2.05, 4.69) is 25.1 Å². The van der Waals surface area contributed by atoms with Crippen molar-refractivity contribution in [2.24, 2.45) is 5.16 Å². The molecule has 0 spiro atoms. The first-order valence-corrected chi connectivity index (χ1v) is 4.21. The maximum absolute atomic E-state index is 8.62. The molecule has 0 fully saturated rings. The number of nitrogens with zero attached hydrogens (tertiary/aromatic N) is 1. The average molecular weight is 165 g/mol. The molecule has 0 radical (unpaired) electrons. The molecule has 0 bridgehead atoms. The molecule has 0 aromatic rings. The minimum Gasteiger partial charge on any atom is -0.411 e. The Hall–Kier alpha value is -1.05. The lowest BCUT2D eigenvalue weighted by Gasteiger charge is -2.14. The van der Waals surface area contributed by atoms with E-state index < -0.39 is 0 Å². The fourth-order valence-corrected chi connectivity index (χ4v) is 1.39. The first-order valence-electron chi connectivity index (χ1n) is 4.21. The van der Waals surface area contributed by atoms with E-state index in [4.69, 9.17) is 5.21 Å². The quantitative estimate of drug-likeness (QED) is 0.434. The van der Waals surface area contributed by atoms with Crippen molar-refractivity contribution in [2.75, 3.05) is 0 Å². The fourth-order valence-electron chi connectivity index (χ4n) is 1.39. The highest BCUT2D eigenvalue weighted by atomic mass is 16.4. The second kappa shape index (κ2) is 3.57. The molecule has 66 valence electrons. The average Bonchev–Trinajstić information content (AvgIpc) is 2.04. The molecular weight excluding hydrogens is 150 g/mol. The van der Waals surface area contributed by atoms with Gasteiger partial charge in [-0.1, -0.05) is 16.8 Å². The molecule has 1 aliphatic carbocycles. The predicted molar refractivity (Wildman–Crippen MR) is 50.6 cm³/mol. The van der Waals surface area contributed by atoms with Crippen LogP contribution < -0.4 is 0 Å². The van der Waals surface area contributed by atoms with Gasteiger partial charge in [0.15, 0.2) is 0 Å². The zero-order valence-corrected chi connectivity index (χ0v) is 7.89. The van der Waals surface area contributed by atoms with E-state index in [9.17, 15) is 0 Å². The second-order valence-corrected chi connectivity index (χ2v) is 3.40. The van der Waals surface area contributed by atoms with E-state index in [0.717, 1.165) is 24.1 Å². The Labute approximate surface area is 73.3 Å². The third kappa shape index (κ3) is 1.76. The van der Waals surface area contributed by atoms with Crippen molar-refractivity contribution in [1.29, 1.82) is 0 Å². The molecule has 1 aliphatic rings. The highest BCUT2D eigenvalue weighted by Crippen LogP contribution is 2.22. The van der Waals surface area contributed by atoms with Crippen LogP contribution in [0.1, 0.15) is 33.6 Å². The SMILES string of the molecule is CC1=CC(=C(C)C)CC/C1=N/O. The summed E-state index contributed by atoms with van der Waals surface area (Å²) in [5, 5.41) is 11.9. The van der Waals surface area contributed by atoms with Crippen LogP contribution in [0.4, 0.5) is 0 Å². The lowest BCUT2D eigenvalue weighted by Crippen LogP contribution is -2.07. The van der Waals surface area contributed by atoms with Crippen molar-refractivity contribution < 1.29 is 5.21 Å². The van der Waals surface area contributed by atoms with Crippen molar-refractivity contribution in [1.82, 2.24) is 0 Å². The van der Waals surface area contributed by atoms with Crippen LogP contribution in [0.2, 0.25) is 0 Å². The van der Waals surface area contributed by atoms with Crippen molar-refractivity contribution >= 4 is 5.71 Å². The summed E-state index contributed by atoms with van der Waals surface area (Å²) in [6, 6.07) is 0. The third-order valence-electron chi connectivity index (χ3n) is 2.24. The molecule has 0 saturated carbocycles. The Morgan fingerprint density at radius 2 is 2.08 bits per heavy atom. The van der Waals surface area contributed by atoms with Gasteiger partial charge in [-0.25, -0.2) is 0 Å². The van der Waals surface area contributed by atoms with Crippen molar-refractivity contribution in [3.05, 3.63) is 22.8 Å². The van der Waals surface area contributed by atoms with Gasteiger partial charge in [0.25, 0.3) is 0 Å². The van der Waals surface area contributed by atoms with E-state index in [1.165, 1.54) is 11.1 Å². The standard InChI is InChI=1S/C10H15NO/c1-7(2)9-4-5-10(11-12)8(3)6-9/h6,12H,4-5H2,1-3H3/b11-10-. The van der Waals surface area contributed by atoms with Crippen molar-refractivity contribution in [2.45, 2.75) is 33.6 Å². The summed E-state index contributed by atoms with van der Waals surface area (Å²) < 4.78 is 0. The Bertz CT molecular complexity index is 268. The molecule has 1 N–H and O–H groups in total. The van der Waals surface area contributed by atoms with Crippen LogP contribution in [-0.2, 0) is 0 Å². The van der Waals surface area contributed by atoms with Gasteiger partial charge in [0.05, 0.1) is 5.71 Å². The number of oxime groups is 1. The third-order valence-corrected chi connectivity index (χ3v) is 2.24. The summed E-state index contributed by atoms with van der Waals surface area (Å²) in [5.74, 6) is 0. The van der Waals surface area contributed by atoms with E-state index in [1.807, 2.05) is 6.92 Å². The normalized spacial score (nSPS) is 21.1. The van der Waals surface area contributed by atoms with Gasteiger partial charge in [0.2, 0.25) is 0 Å². The molecule has 0 aliphatic heterocycles. The van der Waals surface area contributed by atoms with Gasteiger partial charge in [0, 0.05) is 0 Å². The number of hydrogen-bond acceptors (Lipinski definition) is 2. The van der Waals surface area contributed by atoms with Crippen LogP contribution >= 0.6 is 0 Å². The monoisotopic (exact) mass is 165 g/mol. The summed E-state index contributed by atoms with van der Waals surface area (Å²) in [4.78, 5) is 0. The molecule has 1 rings (SSSR count). The summed E-state index contributed by atoms with van der Waals surface area (Å²) in [5.41, 5.74) is 4.63. The van der Waals surface area contributed by atoms with Gasteiger partial charge in [0.1, 0.15) is 0 Å². The smallest absolute Gasteiger partial charge is 0.0828 e. The van der Waals surface area contributed by atoms with Gasteiger partial charge in [-0.2, -0.15) is 0 Å². The lowest BCUT2D eigenvalue weighted by molar-refractivity contribution is 0.317. The summed E-state index contributed by atoms with van der Waals surface area (Å²) in [7, 11) is 0. The van der Waals surface area contributed by atoms with Crippen LogP contribution in [-0.4, -0.2) is 10.9 Å². The zero-order chi connectivity index (χ0) is 9.14. The molecule has 0 saturated heterocycles. The Balaban J connectivity index is 2.97. The minimum absolute atomic E-state index is 0.819. The first-order chi connectivity index (χ1) is 5.65. The summed E-state index contributed by atoms with van der Waals surface area (Å²) in [6.07, 6.45) is 3.96. The molecule has 2 heteroatoms. The molecule has 2 nitrogen and oxygen atoms in total. The van der Waals surface area contributed by atoms with Crippen LogP contribution in [0.25, 0.3) is 0 Å². The van der Waals surface area contributed by atoms with E-state index in [-0.39, 0.29) is 0 Å². The van der Waals surface area contributed by atoms with E-state index in [1.54, 1.807) is 0 Å². The molecule has 0 heterocycles. The van der Waals surface area contributed by atoms with Gasteiger partial charge < -0.3 is 5.21 Å². The Morgan fingerprint density at radius 1 is 1.42 bits per heavy atom.